The predicted octanol–water partition coefficient (Wildman–Crippen LogP) is -0.0125. The van der Waals surface area contributed by atoms with E-state index in [9.17, 15) is 9.18 Å². The van der Waals surface area contributed by atoms with Gasteiger partial charge in [0.05, 0.1) is 0 Å². The lowest BCUT2D eigenvalue weighted by molar-refractivity contribution is 0.0794. The summed E-state index contributed by atoms with van der Waals surface area (Å²) in [4.78, 5) is 13.3. The maximum Gasteiger partial charge on any atom is 0.488 e. The lowest BCUT2D eigenvalue weighted by atomic mass is 9.79. The van der Waals surface area contributed by atoms with Gasteiger partial charge >= 0.3 is 7.12 Å². The third-order valence-electron chi connectivity index (χ3n) is 2.37. The Hall–Kier alpha value is -1.40. The topological polar surface area (TPSA) is 60.8 Å². The van der Waals surface area contributed by atoms with Crippen molar-refractivity contribution in [3.8, 4) is 0 Å². The molecule has 0 radical (unpaired) electrons. The minimum atomic E-state index is -1.78. The number of benzene rings is 1. The molecule has 6 heteroatoms. The van der Waals surface area contributed by atoms with Crippen LogP contribution in [0.1, 0.15) is 23.7 Å². The van der Waals surface area contributed by atoms with Gasteiger partial charge in [-0.25, -0.2) is 4.39 Å². The second kappa shape index (κ2) is 5.79. The Morgan fingerprint density at radius 2 is 2.06 bits per heavy atom. The minimum absolute atomic E-state index is 0.0294. The number of hydrogen-bond donors (Lipinski definition) is 2. The highest BCUT2D eigenvalue weighted by molar-refractivity contribution is 6.58. The van der Waals surface area contributed by atoms with Crippen LogP contribution < -0.4 is 5.46 Å². The summed E-state index contributed by atoms with van der Waals surface area (Å²) in [6.45, 7) is 2.49. The van der Waals surface area contributed by atoms with Gasteiger partial charge in [0, 0.05) is 19.2 Å². The highest BCUT2D eigenvalue weighted by atomic mass is 19.1. The van der Waals surface area contributed by atoms with Crippen molar-refractivity contribution in [2.75, 3.05) is 13.6 Å². The fraction of sp³-hybridized carbons (Fsp3) is 0.364. The molecule has 4 nitrogen and oxygen atoms in total. The van der Waals surface area contributed by atoms with Crippen LogP contribution in [-0.4, -0.2) is 41.6 Å². The normalized spacial score (nSPS) is 10.2. The molecule has 0 aliphatic carbocycles. The van der Waals surface area contributed by atoms with E-state index in [0.29, 0.717) is 6.54 Å². The van der Waals surface area contributed by atoms with E-state index in [4.69, 9.17) is 10.0 Å². The van der Waals surface area contributed by atoms with Crippen LogP contribution >= 0.6 is 0 Å². The van der Waals surface area contributed by atoms with Crippen molar-refractivity contribution in [3.63, 3.8) is 0 Å². The molecule has 0 aromatic heterocycles. The number of hydrogen-bond acceptors (Lipinski definition) is 3. The number of carbonyl (C=O) groups is 1. The molecule has 92 valence electrons. The highest BCUT2D eigenvalue weighted by Crippen LogP contribution is 2.06. The van der Waals surface area contributed by atoms with Crippen LogP contribution in [0.5, 0.6) is 0 Å². The van der Waals surface area contributed by atoms with E-state index >= 15 is 0 Å². The fourth-order valence-corrected chi connectivity index (χ4v) is 1.54. The maximum absolute atomic E-state index is 13.2. The highest BCUT2D eigenvalue weighted by Gasteiger charge is 2.17. The molecule has 0 saturated heterocycles. The molecule has 1 amide bonds. The summed E-state index contributed by atoms with van der Waals surface area (Å²) in [6, 6.07) is 3.35. The summed E-state index contributed by atoms with van der Waals surface area (Å²) >= 11 is 0. The average molecular weight is 239 g/mol. The number of carbonyl (C=O) groups excluding carboxylic acids is 1. The zero-order valence-electron chi connectivity index (χ0n) is 9.85. The Morgan fingerprint density at radius 3 is 2.59 bits per heavy atom. The summed E-state index contributed by atoms with van der Waals surface area (Å²) in [6.07, 6.45) is 0.799. The molecular weight excluding hydrogens is 224 g/mol. The van der Waals surface area contributed by atoms with Crippen LogP contribution in [0.3, 0.4) is 0 Å². The van der Waals surface area contributed by atoms with Crippen molar-refractivity contribution < 1.29 is 19.2 Å². The molecule has 0 saturated carbocycles. The number of nitrogens with zero attached hydrogens (tertiary/aromatic N) is 1. The Bertz CT molecular complexity index is 412. The molecule has 0 atom stereocenters. The van der Waals surface area contributed by atoms with Gasteiger partial charge < -0.3 is 14.9 Å². The summed E-state index contributed by atoms with van der Waals surface area (Å²) < 4.78 is 13.2. The fourth-order valence-electron chi connectivity index (χ4n) is 1.54. The Morgan fingerprint density at radius 1 is 1.41 bits per heavy atom. The zero-order chi connectivity index (χ0) is 13.0. The largest absolute Gasteiger partial charge is 0.488 e. The summed E-state index contributed by atoms with van der Waals surface area (Å²) in [5, 5.41) is 17.9. The van der Waals surface area contributed by atoms with E-state index in [1.165, 1.54) is 11.0 Å². The van der Waals surface area contributed by atoms with Crippen molar-refractivity contribution >= 4 is 18.5 Å². The Kier molecular flexibility index (Phi) is 4.66. The first-order valence-corrected chi connectivity index (χ1v) is 5.37. The molecule has 0 bridgehead atoms. The predicted molar refractivity (Wildman–Crippen MR) is 63.5 cm³/mol. The molecule has 0 spiro atoms. The molecule has 0 aliphatic heterocycles. The Labute approximate surface area is 99.8 Å². The van der Waals surface area contributed by atoms with Crippen molar-refractivity contribution in [2.24, 2.45) is 0 Å². The lowest BCUT2D eigenvalue weighted by Gasteiger charge is -2.16. The van der Waals surface area contributed by atoms with E-state index in [-0.39, 0.29) is 16.9 Å². The van der Waals surface area contributed by atoms with Gasteiger partial charge in [-0.05, 0) is 30.1 Å². The van der Waals surface area contributed by atoms with Gasteiger partial charge in [0.2, 0.25) is 0 Å². The Balaban J connectivity index is 3.01. The first kappa shape index (κ1) is 13.7. The molecule has 0 heterocycles. The second-order valence-corrected chi connectivity index (χ2v) is 3.87. The van der Waals surface area contributed by atoms with Crippen LogP contribution in [0.4, 0.5) is 4.39 Å². The molecule has 1 aromatic rings. The first-order chi connectivity index (χ1) is 7.95. The van der Waals surface area contributed by atoms with Gasteiger partial charge in [-0.2, -0.15) is 0 Å². The third kappa shape index (κ3) is 3.54. The maximum atomic E-state index is 13.2. The van der Waals surface area contributed by atoms with E-state index in [0.717, 1.165) is 18.6 Å². The van der Waals surface area contributed by atoms with E-state index in [2.05, 4.69) is 0 Å². The van der Waals surface area contributed by atoms with Crippen LogP contribution in [0.25, 0.3) is 0 Å². The second-order valence-electron chi connectivity index (χ2n) is 3.87. The average Bonchev–Trinajstić information content (AvgIpc) is 2.27. The number of halogens is 1. The van der Waals surface area contributed by atoms with Gasteiger partial charge in [0.15, 0.2) is 0 Å². The van der Waals surface area contributed by atoms with Crippen LogP contribution in [-0.2, 0) is 0 Å². The molecule has 0 fully saturated rings. The van der Waals surface area contributed by atoms with Gasteiger partial charge in [-0.1, -0.05) is 6.92 Å². The van der Waals surface area contributed by atoms with Crippen LogP contribution in [0.2, 0.25) is 0 Å². The molecule has 0 unspecified atom stereocenters. The minimum Gasteiger partial charge on any atom is -0.423 e. The third-order valence-corrected chi connectivity index (χ3v) is 2.37. The van der Waals surface area contributed by atoms with Gasteiger partial charge in [0.25, 0.3) is 5.91 Å². The van der Waals surface area contributed by atoms with Crippen LogP contribution in [0.15, 0.2) is 18.2 Å². The molecule has 1 rings (SSSR count). The van der Waals surface area contributed by atoms with Crippen molar-refractivity contribution in [1.29, 1.82) is 0 Å². The standard InChI is InChI=1S/C11H15BFNO3/c1-3-4-14(2)11(15)8-5-9(12(16)17)7-10(13)6-8/h5-7,16-17H,3-4H2,1-2H3. The SMILES string of the molecule is CCCN(C)C(=O)c1cc(F)cc(B(O)O)c1. The van der Waals surface area contributed by atoms with Gasteiger partial charge in [0.1, 0.15) is 5.82 Å². The summed E-state index contributed by atoms with van der Waals surface area (Å²) in [5.74, 6) is -1.00. The van der Waals surface area contributed by atoms with Crippen molar-refractivity contribution in [1.82, 2.24) is 4.90 Å². The van der Waals surface area contributed by atoms with E-state index in [1.54, 1.807) is 7.05 Å². The zero-order valence-corrected chi connectivity index (χ0v) is 9.85. The number of amides is 1. The molecule has 1 aromatic carbocycles. The van der Waals surface area contributed by atoms with Crippen molar-refractivity contribution in [2.45, 2.75) is 13.3 Å². The molecule has 2 N–H and O–H groups in total. The molecule has 17 heavy (non-hydrogen) atoms. The van der Waals surface area contributed by atoms with Crippen LogP contribution in [0, 0.1) is 5.82 Å². The van der Waals surface area contributed by atoms with Gasteiger partial charge in [-0.15, -0.1) is 0 Å². The van der Waals surface area contributed by atoms with E-state index < -0.39 is 12.9 Å². The molecular formula is C11H15BFNO3. The molecule has 0 aliphatic rings. The first-order valence-electron chi connectivity index (χ1n) is 5.37. The van der Waals surface area contributed by atoms with Crippen molar-refractivity contribution in [3.05, 3.63) is 29.6 Å². The smallest absolute Gasteiger partial charge is 0.423 e. The number of rotatable bonds is 4. The monoisotopic (exact) mass is 239 g/mol. The van der Waals surface area contributed by atoms with Gasteiger partial charge in [-0.3, -0.25) is 4.79 Å². The quantitative estimate of drug-likeness (QED) is 0.726. The lowest BCUT2D eigenvalue weighted by Crippen LogP contribution is -2.33. The summed E-state index contributed by atoms with van der Waals surface area (Å²) in [7, 11) is -0.167. The summed E-state index contributed by atoms with van der Waals surface area (Å²) in [5.41, 5.74) is 0.0855. The van der Waals surface area contributed by atoms with E-state index in [1.807, 2.05) is 6.92 Å².